The molecule has 1 amide bonds. The number of carbonyl (C=O) groups excluding carboxylic acids is 2. The van der Waals surface area contributed by atoms with E-state index in [-0.39, 0.29) is 15.6 Å². The molecule has 2 aromatic heterocycles. The minimum absolute atomic E-state index is 0.0446. The topological polar surface area (TPSA) is 119 Å². The zero-order valence-electron chi connectivity index (χ0n) is 13.1. The molecule has 0 atom stereocenters. The molecule has 0 aliphatic rings. The molecular weight excluding hydrogens is 358 g/mol. The van der Waals surface area contributed by atoms with Crippen molar-refractivity contribution in [1.82, 2.24) is 9.46 Å². The van der Waals surface area contributed by atoms with Gasteiger partial charge in [0.1, 0.15) is 15.5 Å². The van der Waals surface area contributed by atoms with Crippen molar-refractivity contribution in [3.05, 3.63) is 28.2 Å². The number of aryl methyl sites for hydroxylation is 1. The summed E-state index contributed by atoms with van der Waals surface area (Å²) in [6.45, 7) is 1.20. The number of methoxy groups -OCH3 is 1. The number of thiophene rings is 1. The first-order valence-corrected chi connectivity index (χ1v) is 8.93. The van der Waals surface area contributed by atoms with Crippen molar-refractivity contribution in [3.8, 4) is 0 Å². The fourth-order valence-electron chi connectivity index (χ4n) is 1.80. The van der Waals surface area contributed by atoms with Crippen LogP contribution < -0.4 is 5.32 Å². The molecule has 24 heavy (non-hydrogen) atoms. The predicted molar refractivity (Wildman–Crippen MR) is 85.3 cm³/mol. The number of anilines is 1. The number of ether oxygens (including phenoxy) is 1. The van der Waals surface area contributed by atoms with E-state index >= 15 is 0 Å². The van der Waals surface area contributed by atoms with Gasteiger partial charge in [-0.2, -0.15) is 4.31 Å². The van der Waals surface area contributed by atoms with Crippen LogP contribution in [0.2, 0.25) is 0 Å². The summed E-state index contributed by atoms with van der Waals surface area (Å²) in [6.07, 6.45) is 0. The van der Waals surface area contributed by atoms with Crippen LogP contribution in [0.15, 0.2) is 26.9 Å². The van der Waals surface area contributed by atoms with Crippen molar-refractivity contribution in [1.29, 1.82) is 0 Å². The third kappa shape index (κ3) is 3.80. The van der Waals surface area contributed by atoms with Gasteiger partial charge in [-0.15, -0.1) is 11.3 Å². The van der Waals surface area contributed by atoms with E-state index in [1.165, 1.54) is 24.6 Å². The summed E-state index contributed by atoms with van der Waals surface area (Å²) in [5.41, 5.74) is 0. The molecule has 0 radical (unpaired) electrons. The molecule has 0 bridgehead atoms. The molecule has 2 heterocycles. The number of likely N-dealkylation sites (N-methyl/N-ethyl adjacent to an activating group) is 1. The van der Waals surface area contributed by atoms with Gasteiger partial charge in [0.2, 0.25) is 15.9 Å². The smallest absolute Gasteiger partial charge is 0.349 e. The van der Waals surface area contributed by atoms with E-state index in [1.807, 2.05) is 0 Å². The lowest BCUT2D eigenvalue weighted by atomic mass is 10.5. The van der Waals surface area contributed by atoms with E-state index in [4.69, 9.17) is 4.52 Å². The zero-order chi connectivity index (χ0) is 17.9. The number of hydrogen-bond donors (Lipinski definition) is 1. The van der Waals surface area contributed by atoms with Crippen LogP contribution in [0.25, 0.3) is 0 Å². The highest BCUT2D eigenvalue weighted by Crippen LogP contribution is 2.25. The third-order valence-electron chi connectivity index (χ3n) is 2.95. The highest BCUT2D eigenvalue weighted by molar-refractivity contribution is 7.89. The molecular formula is C13H15N3O6S2. The van der Waals surface area contributed by atoms with Gasteiger partial charge in [-0.05, 0) is 18.4 Å². The van der Waals surface area contributed by atoms with Crippen LogP contribution in [0.5, 0.6) is 0 Å². The number of amides is 1. The molecule has 2 aromatic rings. The van der Waals surface area contributed by atoms with Crippen LogP contribution in [0.4, 0.5) is 5.82 Å². The SMILES string of the molecule is COC(=O)c1sccc1S(=O)(=O)N(C)CC(=O)Nc1cc(C)on1. The number of rotatable bonds is 6. The first kappa shape index (κ1) is 18.1. The largest absolute Gasteiger partial charge is 0.465 e. The summed E-state index contributed by atoms with van der Waals surface area (Å²) < 4.78 is 35.3. The van der Waals surface area contributed by atoms with E-state index < -0.39 is 28.4 Å². The highest BCUT2D eigenvalue weighted by Gasteiger charge is 2.29. The van der Waals surface area contributed by atoms with Gasteiger partial charge in [-0.1, -0.05) is 5.16 Å². The molecule has 0 aliphatic carbocycles. The van der Waals surface area contributed by atoms with Gasteiger partial charge in [0.25, 0.3) is 0 Å². The van der Waals surface area contributed by atoms with Crippen molar-refractivity contribution in [2.24, 2.45) is 0 Å². The monoisotopic (exact) mass is 373 g/mol. The first-order chi connectivity index (χ1) is 11.3. The molecule has 130 valence electrons. The number of esters is 1. The summed E-state index contributed by atoms with van der Waals surface area (Å²) in [5, 5.41) is 7.47. The Morgan fingerprint density at radius 2 is 2.17 bits per heavy atom. The predicted octanol–water partition coefficient (Wildman–Crippen LogP) is 1.09. The molecule has 0 saturated heterocycles. The number of carbonyl (C=O) groups is 2. The molecule has 0 aromatic carbocycles. The summed E-state index contributed by atoms with van der Waals surface area (Å²) >= 11 is 0.947. The maximum atomic E-state index is 12.5. The molecule has 1 N–H and O–H groups in total. The summed E-state index contributed by atoms with van der Waals surface area (Å²) in [7, 11) is -1.63. The van der Waals surface area contributed by atoms with Crippen LogP contribution in [-0.2, 0) is 19.6 Å². The minimum Gasteiger partial charge on any atom is -0.465 e. The third-order valence-corrected chi connectivity index (χ3v) is 5.82. The number of hydrogen-bond acceptors (Lipinski definition) is 8. The van der Waals surface area contributed by atoms with Crippen molar-refractivity contribution in [2.75, 3.05) is 26.0 Å². The first-order valence-electron chi connectivity index (χ1n) is 6.61. The highest BCUT2D eigenvalue weighted by atomic mass is 32.2. The second-order valence-corrected chi connectivity index (χ2v) is 7.67. The number of sulfonamides is 1. The fourth-order valence-corrected chi connectivity index (χ4v) is 4.24. The quantitative estimate of drug-likeness (QED) is 0.753. The lowest BCUT2D eigenvalue weighted by molar-refractivity contribution is -0.116. The lowest BCUT2D eigenvalue weighted by Gasteiger charge is -2.16. The Bertz CT molecular complexity index is 855. The summed E-state index contributed by atoms with van der Waals surface area (Å²) in [4.78, 5) is 23.3. The molecule has 0 fully saturated rings. The molecule has 11 heteroatoms. The van der Waals surface area contributed by atoms with Crippen LogP contribution in [0.1, 0.15) is 15.4 Å². The zero-order valence-corrected chi connectivity index (χ0v) is 14.7. The van der Waals surface area contributed by atoms with Gasteiger partial charge >= 0.3 is 5.97 Å². The average Bonchev–Trinajstić information content (AvgIpc) is 3.15. The normalized spacial score (nSPS) is 11.5. The number of nitrogens with one attached hydrogen (secondary N) is 1. The maximum absolute atomic E-state index is 12.5. The van der Waals surface area contributed by atoms with E-state index in [0.717, 1.165) is 22.8 Å². The number of nitrogens with zero attached hydrogens (tertiary/aromatic N) is 2. The molecule has 0 aliphatic heterocycles. The Hall–Kier alpha value is -2.24. The minimum atomic E-state index is -4.03. The standard InChI is InChI=1S/C13H15N3O6S2/c1-8-6-10(15-22-8)14-11(17)7-16(2)24(19,20)9-4-5-23-12(9)13(18)21-3/h4-6H,7H2,1-3H3,(H,14,15,17). The van der Waals surface area contributed by atoms with Crippen molar-refractivity contribution < 1.29 is 27.3 Å². The van der Waals surface area contributed by atoms with Gasteiger partial charge in [0.15, 0.2) is 5.82 Å². The second kappa shape index (κ2) is 7.11. The Morgan fingerprint density at radius 3 is 2.75 bits per heavy atom. The van der Waals surface area contributed by atoms with Gasteiger partial charge < -0.3 is 14.6 Å². The van der Waals surface area contributed by atoms with Crippen molar-refractivity contribution in [2.45, 2.75) is 11.8 Å². The van der Waals surface area contributed by atoms with E-state index in [2.05, 4.69) is 15.2 Å². The molecule has 0 saturated carbocycles. The Balaban J connectivity index is 2.13. The van der Waals surface area contributed by atoms with Crippen LogP contribution in [0, 0.1) is 6.92 Å². The van der Waals surface area contributed by atoms with Gasteiger partial charge in [0.05, 0.1) is 13.7 Å². The fraction of sp³-hybridized carbons (Fsp3) is 0.308. The molecule has 9 nitrogen and oxygen atoms in total. The molecule has 2 rings (SSSR count). The Labute approximate surface area is 142 Å². The van der Waals surface area contributed by atoms with Crippen LogP contribution >= 0.6 is 11.3 Å². The van der Waals surface area contributed by atoms with Crippen LogP contribution in [0.3, 0.4) is 0 Å². The van der Waals surface area contributed by atoms with E-state index in [9.17, 15) is 18.0 Å². The Kier molecular flexibility index (Phi) is 5.36. The summed E-state index contributed by atoms with van der Waals surface area (Å²) in [5.74, 6) is -0.648. The number of aromatic nitrogens is 1. The second-order valence-electron chi connectivity index (χ2n) is 4.74. The Morgan fingerprint density at radius 1 is 1.46 bits per heavy atom. The average molecular weight is 373 g/mol. The maximum Gasteiger partial charge on any atom is 0.349 e. The van der Waals surface area contributed by atoms with E-state index in [1.54, 1.807) is 6.92 Å². The van der Waals surface area contributed by atoms with Crippen molar-refractivity contribution in [3.63, 3.8) is 0 Å². The van der Waals surface area contributed by atoms with Gasteiger partial charge in [0, 0.05) is 13.1 Å². The van der Waals surface area contributed by atoms with Gasteiger partial charge in [-0.3, -0.25) is 4.79 Å². The van der Waals surface area contributed by atoms with Gasteiger partial charge in [-0.25, -0.2) is 13.2 Å². The van der Waals surface area contributed by atoms with Crippen molar-refractivity contribution >= 4 is 39.1 Å². The van der Waals surface area contributed by atoms with E-state index in [0.29, 0.717) is 5.76 Å². The van der Waals surface area contributed by atoms with Crippen LogP contribution in [-0.4, -0.2) is 50.5 Å². The molecule has 0 spiro atoms. The lowest BCUT2D eigenvalue weighted by Crippen LogP contribution is -2.35. The molecule has 0 unspecified atom stereocenters. The summed E-state index contributed by atoms with van der Waals surface area (Å²) in [6, 6.07) is 2.79.